The van der Waals surface area contributed by atoms with E-state index >= 15 is 0 Å². The predicted octanol–water partition coefficient (Wildman–Crippen LogP) is 3.45. The minimum absolute atomic E-state index is 0.0709. The number of hydrogen-bond acceptors (Lipinski definition) is 7. The molecule has 0 aromatic heterocycles. The number of aromatic carboxylic acids is 1. The summed E-state index contributed by atoms with van der Waals surface area (Å²) in [5, 5.41) is 23.7. The summed E-state index contributed by atoms with van der Waals surface area (Å²) >= 11 is 0. The van der Waals surface area contributed by atoms with Gasteiger partial charge in [0.05, 0.1) is 0 Å². The average molecular weight is 472 g/mol. The van der Waals surface area contributed by atoms with Gasteiger partial charge in [0, 0.05) is 12.1 Å². The molecule has 0 heterocycles. The second-order valence-electron chi connectivity index (χ2n) is 8.41. The van der Waals surface area contributed by atoms with E-state index in [4.69, 9.17) is 14.6 Å². The molecule has 34 heavy (non-hydrogen) atoms. The zero-order chi connectivity index (χ0) is 25.3. The number of carbonyl (C=O) groups excluding carboxylic acids is 3. The fourth-order valence-corrected chi connectivity index (χ4v) is 2.81. The van der Waals surface area contributed by atoms with Crippen LogP contribution in [0.1, 0.15) is 49.5 Å². The van der Waals surface area contributed by atoms with Crippen molar-refractivity contribution < 1.29 is 38.9 Å². The van der Waals surface area contributed by atoms with Gasteiger partial charge < -0.3 is 30.3 Å². The molecule has 10 heteroatoms. The van der Waals surface area contributed by atoms with Crippen molar-refractivity contribution in [1.82, 2.24) is 5.32 Å². The van der Waals surface area contributed by atoms with E-state index in [2.05, 4.69) is 10.6 Å². The van der Waals surface area contributed by atoms with Gasteiger partial charge in [-0.15, -0.1) is 0 Å². The second-order valence-corrected chi connectivity index (χ2v) is 8.41. The van der Waals surface area contributed by atoms with Gasteiger partial charge in [-0.05, 0) is 51.0 Å². The minimum Gasteiger partial charge on any atom is -0.507 e. The molecule has 182 valence electrons. The summed E-state index contributed by atoms with van der Waals surface area (Å²) in [6.07, 6.45) is -1.12. The lowest BCUT2D eigenvalue weighted by molar-refractivity contribution is -0.145. The molecule has 0 radical (unpaired) electrons. The number of amides is 2. The normalized spacial score (nSPS) is 11.7. The van der Waals surface area contributed by atoms with E-state index in [-0.39, 0.29) is 25.1 Å². The number of rotatable bonds is 9. The fraction of sp³-hybridized carbons (Fsp3) is 0.333. The number of alkyl carbamates (subject to hydrolysis) is 1. The van der Waals surface area contributed by atoms with Gasteiger partial charge in [-0.25, -0.2) is 9.59 Å². The molecule has 0 saturated carbocycles. The van der Waals surface area contributed by atoms with Crippen LogP contribution in [0.5, 0.6) is 5.75 Å². The highest BCUT2D eigenvalue weighted by Crippen LogP contribution is 2.22. The maximum atomic E-state index is 12.8. The highest BCUT2D eigenvalue weighted by Gasteiger charge is 2.26. The molecule has 0 saturated heterocycles. The Labute approximate surface area is 196 Å². The number of aromatic hydroxyl groups is 1. The van der Waals surface area contributed by atoms with Gasteiger partial charge in [0.1, 0.15) is 29.6 Å². The summed E-state index contributed by atoms with van der Waals surface area (Å²) in [6.45, 7) is 5.05. The maximum absolute atomic E-state index is 12.8. The summed E-state index contributed by atoms with van der Waals surface area (Å²) in [4.78, 5) is 48.5. The van der Waals surface area contributed by atoms with Crippen LogP contribution in [-0.4, -0.2) is 45.8 Å². The van der Waals surface area contributed by atoms with Crippen LogP contribution in [0, 0.1) is 0 Å². The molecule has 0 aliphatic heterocycles. The van der Waals surface area contributed by atoms with Crippen molar-refractivity contribution in [2.75, 3.05) is 5.32 Å². The summed E-state index contributed by atoms with van der Waals surface area (Å²) in [5.74, 6) is -3.11. The van der Waals surface area contributed by atoms with Gasteiger partial charge in [0.25, 0.3) is 0 Å². The third-order valence-corrected chi connectivity index (χ3v) is 4.38. The van der Waals surface area contributed by atoms with Crippen LogP contribution in [0.15, 0.2) is 48.5 Å². The predicted molar refractivity (Wildman–Crippen MR) is 122 cm³/mol. The monoisotopic (exact) mass is 472 g/mol. The largest absolute Gasteiger partial charge is 0.507 e. The Bertz CT molecular complexity index is 1030. The van der Waals surface area contributed by atoms with Crippen LogP contribution in [0.25, 0.3) is 0 Å². The fourth-order valence-electron chi connectivity index (χ4n) is 2.81. The van der Waals surface area contributed by atoms with Crippen LogP contribution < -0.4 is 10.6 Å². The third kappa shape index (κ3) is 8.81. The van der Waals surface area contributed by atoms with Gasteiger partial charge >= 0.3 is 18.0 Å². The molecule has 0 unspecified atom stereocenters. The van der Waals surface area contributed by atoms with Gasteiger partial charge in [-0.1, -0.05) is 30.3 Å². The van der Waals surface area contributed by atoms with E-state index in [1.54, 1.807) is 32.9 Å². The van der Waals surface area contributed by atoms with E-state index in [0.29, 0.717) is 0 Å². The van der Waals surface area contributed by atoms with Gasteiger partial charge in [-0.3, -0.25) is 9.59 Å². The molecule has 0 fully saturated rings. The first-order valence-electron chi connectivity index (χ1n) is 10.5. The highest BCUT2D eigenvalue weighted by atomic mass is 16.6. The summed E-state index contributed by atoms with van der Waals surface area (Å²) in [5.41, 5.74) is -0.326. The van der Waals surface area contributed by atoms with E-state index < -0.39 is 46.9 Å². The van der Waals surface area contributed by atoms with E-state index in [9.17, 15) is 24.3 Å². The molecule has 0 bridgehead atoms. The summed E-state index contributed by atoms with van der Waals surface area (Å²) < 4.78 is 10.4. The molecule has 4 N–H and O–H groups in total. The topological polar surface area (TPSA) is 151 Å². The molecular weight excluding hydrogens is 444 g/mol. The molecule has 2 amide bonds. The molecule has 10 nitrogen and oxygen atoms in total. The van der Waals surface area contributed by atoms with Crippen molar-refractivity contribution in [1.29, 1.82) is 0 Å². The Hall–Kier alpha value is -4.08. The summed E-state index contributed by atoms with van der Waals surface area (Å²) in [7, 11) is 0. The zero-order valence-electron chi connectivity index (χ0n) is 19.2. The first kappa shape index (κ1) is 26.2. The molecule has 2 aromatic carbocycles. The lowest BCUT2D eigenvalue weighted by Crippen LogP contribution is -2.46. The number of esters is 1. The van der Waals surface area contributed by atoms with E-state index in [0.717, 1.165) is 17.7 Å². The Morgan fingerprint density at radius 3 is 2.32 bits per heavy atom. The van der Waals surface area contributed by atoms with Crippen molar-refractivity contribution >= 4 is 29.6 Å². The number of carboxylic acid groups (broad SMARTS) is 1. The van der Waals surface area contributed by atoms with Crippen LogP contribution in [-0.2, 0) is 25.7 Å². The molecule has 2 aromatic rings. The Kier molecular flexibility index (Phi) is 9.00. The second kappa shape index (κ2) is 11.7. The van der Waals surface area contributed by atoms with Gasteiger partial charge in [-0.2, -0.15) is 0 Å². The molecular formula is C24H28N2O8. The number of carbonyl (C=O) groups is 4. The van der Waals surface area contributed by atoms with E-state index in [1.807, 2.05) is 18.2 Å². The third-order valence-electron chi connectivity index (χ3n) is 4.38. The number of benzene rings is 2. The van der Waals surface area contributed by atoms with Crippen LogP contribution >= 0.6 is 0 Å². The van der Waals surface area contributed by atoms with Crippen molar-refractivity contribution in [3.05, 3.63) is 59.7 Å². The Morgan fingerprint density at radius 1 is 1.03 bits per heavy atom. The van der Waals surface area contributed by atoms with Crippen molar-refractivity contribution in [2.45, 2.75) is 51.9 Å². The molecule has 0 spiro atoms. The zero-order valence-corrected chi connectivity index (χ0v) is 19.2. The summed E-state index contributed by atoms with van der Waals surface area (Å²) in [6, 6.07) is 11.4. The van der Waals surface area contributed by atoms with Gasteiger partial charge in [0.15, 0.2) is 0 Å². The van der Waals surface area contributed by atoms with Crippen molar-refractivity contribution in [3.8, 4) is 5.75 Å². The highest BCUT2D eigenvalue weighted by molar-refractivity contribution is 5.99. The van der Waals surface area contributed by atoms with Crippen LogP contribution in [0.2, 0.25) is 0 Å². The quantitative estimate of drug-likeness (QED) is 0.320. The lowest BCUT2D eigenvalue weighted by Gasteiger charge is -2.23. The first-order valence-corrected chi connectivity index (χ1v) is 10.5. The molecule has 0 aliphatic carbocycles. The lowest BCUT2D eigenvalue weighted by atomic mass is 10.1. The van der Waals surface area contributed by atoms with Crippen molar-refractivity contribution in [3.63, 3.8) is 0 Å². The van der Waals surface area contributed by atoms with Crippen molar-refractivity contribution in [2.24, 2.45) is 0 Å². The maximum Gasteiger partial charge on any atom is 0.408 e. The molecule has 2 rings (SSSR count). The number of phenols is 1. The smallest absolute Gasteiger partial charge is 0.408 e. The number of ether oxygens (including phenoxy) is 2. The molecule has 0 aliphatic rings. The van der Waals surface area contributed by atoms with Crippen LogP contribution in [0.4, 0.5) is 10.5 Å². The van der Waals surface area contributed by atoms with E-state index in [1.165, 1.54) is 6.07 Å². The van der Waals surface area contributed by atoms with Gasteiger partial charge in [0.2, 0.25) is 5.91 Å². The Morgan fingerprint density at radius 2 is 1.71 bits per heavy atom. The standard InChI is InChI=1S/C24H28N2O8/c1-24(2,3)34-23(32)26-18(10-12-20(28)33-14-15-7-5-4-6-8-15)21(29)25-16-9-11-19(27)17(13-16)22(30)31/h4-9,11,13,18,27H,10,12,14H2,1-3H3,(H,25,29)(H,26,32)(H,30,31)/t18-/m0/s1. The number of carboxylic acids is 1. The number of anilines is 1. The number of nitrogens with one attached hydrogen (secondary N) is 2. The average Bonchev–Trinajstić information content (AvgIpc) is 2.75. The SMILES string of the molecule is CC(C)(C)OC(=O)N[C@@H](CCC(=O)OCc1ccccc1)C(=O)Nc1ccc(O)c(C(=O)O)c1. The Balaban J connectivity index is 2.06. The number of hydrogen-bond donors (Lipinski definition) is 4. The first-order chi connectivity index (χ1) is 15.9. The minimum atomic E-state index is -1.38. The molecule has 1 atom stereocenters. The van der Waals surface area contributed by atoms with Crippen LogP contribution in [0.3, 0.4) is 0 Å².